The number of aromatic nitrogens is 2. The second kappa shape index (κ2) is 7.39. The lowest BCUT2D eigenvalue weighted by Gasteiger charge is -2.19. The minimum atomic E-state index is -4.80. The van der Waals surface area contributed by atoms with E-state index in [1.54, 1.807) is 6.07 Å². The molecule has 0 saturated heterocycles. The molecule has 0 bridgehead atoms. The highest BCUT2D eigenvalue weighted by atomic mass is 32.1. The minimum Gasteiger partial charge on any atom is -0.508 e. The number of phenols is 1. The molecule has 0 amide bonds. The maximum atomic E-state index is 12.3. The number of phenolic OH excluding ortho intramolecular Hbond substituents is 1. The third kappa shape index (κ3) is 4.27. The SMILES string of the molecule is COC(=O)CC(c1ccc(OC(F)(F)F)cc1)c1c(O)ccc2nsnc12. The van der Waals surface area contributed by atoms with Crippen LogP contribution in [-0.2, 0) is 9.53 Å². The van der Waals surface area contributed by atoms with Gasteiger partial charge in [-0.15, -0.1) is 13.2 Å². The average molecular weight is 398 g/mol. The van der Waals surface area contributed by atoms with Crippen LogP contribution in [0.15, 0.2) is 36.4 Å². The molecule has 27 heavy (non-hydrogen) atoms. The second-order valence-electron chi connectivity index (χ2n) is 5.58. The first-order valence-corrected chi connectivity index (χ1v) is 8.38. The first-order chi connectivity index (χ1) is 12.8. The van der Waals surface area contributed by atoms with Crippen LogP contribution in [0.3, 0.4) is 0 Å². The smallest absolute Gasteiger partial charge is 0.508 e. The first kappa shape index (κ1) is 18.9. The van der Waals surface area contributed by atoms with Crippen molar-refractivity contribution >= 4 is 28.7 Å². The number of esters is 1. The van der Waals surface area contributed by atoms with Crippen LogP contribution in [0.4, 0.5) is 13.2 Å². The van der Waals surface area contributed by atoms with Gasteiger partial charge in [0, 0.05) is 11.5 Å². The molecule has 0 radical (unpaired) electrons. The summed E-state index contributed by atoms with van der Waals surface area (Å²) < 4.78 is 53.9. The van der Waals surface area contributed by atoms with E-state index in [1.165, 1.54) is 25.3 Å². The largest absolute Gasteiger partial charge is 0.573 e. The molecule has 1 heterocycles. The lowest BCUT2D eigenvalue weighted by atomic mass is 9.87. The van der Waals surface area contributed by atoms with E-state index in [1.807, 2.05) is 0 Å². The minimum absolute atomic E-state index is 0.0975. The van der Waals surface area contributed by atoms with Crippen molar-refractivity contribution in [2.45, 2.75) is 18.7 Å². The number of benzene rings is 2. The van der Waals surface area contributed by atoms with Crippen LogP contribution in [-0.4, -0.2) is 33.3 Å². The average Bonchev–Trinajstić information content (AvgIpc) is 3.08. The van der Waals surface area contributed by atoms with E-state index in [0.717, 1.165) is 23.9 Å². The number of hydrogen-bond acceptors (Lipinski definition) is 7. The molecule has 10 heteroatoms. The molecule has 3 aromatic rings. The zero-order chi connectivity index (χ0) is 19.6. The summed E-state index contributed by atoms with van der Waals surface area (Å²) >= 11 is 0.949. The number of aromatic hydroxyl groups is 1. The van der Waals surface area contributed by atoms with Gasteiger partial charge in [-0.05, 0) is 29.8 Å². The Bertz CT molecular complexity index is 957. The Morgan fingerprint density at radius 2 is 1.89 bits per heavy atom. The molecule has 3 rings (SSSR count). The Labute approximate surface area is 155 Å². The van der Waals surface area contributed by atoms with Gasteiger partial charge in [-0.25, -0.2) is 0 Å². The van der Waals surface area contributed by atoms with Gasteiger partial charge >= 0.3 is 12.3 Å². The fourth-order valence-electron chi connectivity index (χ4n) is 2.74. The molecule has 0 aliphatic heterocycles. The van der Waals surface area contributed by atoms with Crippen LogP contribution >= 0.6 is 11.7 Å². The molecule has 0 fully saturated rings. The van der Waals surface area contributed by atoms with Crippen LogP contribution in [0.1, 0.15) is 23.5 Å². The predicted molar refractivity (Wildman–Crippen MR) is 90.7 cm³/mol. The fourth-order valence-corrected chi connectivity index (χ4v) is 3.29. The van der Waals surface area contributed by atoms with E-state index in [0.29, 0.717) is 22.2 Å². The van der Waals surface area contributed by atoms with Crippen molar-refractivity contribution in [1.29, 1.82) is 0 Å². The summed E-state index contributed by atoms with van der Waals surface area (Å²) in [5.41, 5.74) is 1.81. The maximum absolute atomic E-state index is 12.3. The first-order valence-electron chi connectivity index (χ1n) is 7.65. The highest BCUT2D eigenvalue weighted by molar-refractivity contribution is 7.00. The molecular formula is C17H13F3N2O4S. The molecule has 1 aromatic heterocycles. The molecule has 0 spiro atoms. The van der Waals surface area contributed by atoms with Gasteiger partial charge in [0.25, 0.3) is 0 Å². The Morgan fingerprint density at radius 1 is 1.19 bits per heavy atom. The van der Waals surface area contributed by atoms with Gasteiger partial charge in [0.1, 0.15) is 22.5 Å². The van der Waals surface area contributed by atoms with Gasteiger partial charge in [0.15, 0.2) is 0 Å². The zero-order valence-corrected chi connectivity index (χ0v) is 14.7. The number of rotatable bonds is 5. The lowest BCUT2D eigenvalue weighted by Crippen LogP contribution is -2.17. The molecule has 142 valence electrons. The number of carbonyl (C=O) groups is 1. The molecule has 0 aliphatic carbocycles. The normalized spacial score (nSPS) is 12.7. The number of fused-ring (bicyclic) bond motifs is 1. The van der Waals surface area contributed by atoms with E-state index in [9.17, 15) is 23.1 Å². The molecule has 1 N–H and O–H groups in total. The van der Waals surface area contributed by atoms with Crippen LogP contribution in [0.5, 0.6) is 11.5 Å². The van der Waals surface area contributed by atoms with Crippen LogP contribution in [0.2, 0.25) is 0 Å². The van der Waals surface area contributed by atoms with Crippen molar-refractivity contribution < 1.29 is 32.5 Å². The zero-order valence-electron chi connectivity index (χ0n) is 13.9. The molecule has 0 saturated carbocycles. The number of methoxy groups -OCH3 is 1. The number of hydrogen-bond donors (Lipinski definition) is 1. The summed E-state index contributed by atoms with van der Waals surface area (Å²) in [7, 11) is 1.23. The van der Waals surface area contributed by atoms with E-state index < -0.39 is 18.2 Å². The maximum Gasteiger partial charge on any atom is 0.573 e. The summed E-state index contributed by atoms with van der Waals surface area (Å²) in [6.45, 7) is 0. The van der Waals surface area contributed by atoms with E-state index in [4.69, 9.17) is 4.74 Å². The number of ether oxygens (including phenoxy) is 2. The van der Waals surface area contributed by atoms with Crippen LogP contribution in [0.25, 0.3) is 11.0 Å². The summed E-state index contributed by atoms with van der Waals surface area (Å²) in [6.07, 6.45) is -4.94. The predicted octanol–water partition coefficient (Wildman–Crippen LogP) is 3.99. The molecule has 1 unspecified atom stereocenters. The standard InChI is InChI=1S/C17H13F3N2O4S/c1-25-14(24)8-11(9-2-4-10(5-3-9)26-17(18,19)20)15-13(23)7-6-12-16(15)22-27-21-12/h2-7,11,23H,8H2,1H3. The van der Waals surface area contributed by atoms with Gasteiger partial charge in [-0.2, -0.15) is 8.75 Å². The van der Waals surface area contributed by atoms with Gasteiger partial charge in [-0.3, -0.25) is 4.79 Å². The summed E-state index contributed by atoms with van der Waals surface area (Å²) in [6, 6.07) is 8.10. The van der Waals surface area contributed by atoms with Crippen molar-refractivity contribution in [3.8, 4) is 11.5 Å². The molecule has 6 nitrogen and oxygen atoms in total. The highest BCUT2D eigenvalue weighted by Gasteiger charge is 2.31. The highest BCUT2D eigenvalue weighted by Crippen LogP contribution is 2.39. The van der Waals surface area contributed by atoms with Crippen molar-refractivity contribution in [2.24, 2.45) is 0 Å². The number of halogens is 3. The third-order valence-corrected chi connectivity index (χ3v) is 4.45. The van der Waals surface area contributed by atoms with E-state index >= 15 is 0 Å². The fraction of sp³-hybridized carbons (Fsp3) is 0.235. The Balaban J connectivity index is 2.05. The van der Waals surface area contributed by atoms with Crippen molar-refractivity contribution in [2.75, 3.05) is 7.11 Å². The van der Waals surface area contributed by atoms with Crippen LogP contribution < -0.4 is 4.74 Å². The number of alkyl halides is 3. The Kier molecular flexibility index (Phi) is 5.17. The quantitative estimate of drug-likeness (QED) is 0.655. The Hall–Kier alpha value is -2.88. The monoisotopic (exact) mass is 398 g/mol. The Morgan fingerprint density at radius 3 is 2.52 bits per heavy atom. The van der Waals surface area contributed by atoms with Crippen molar-refractivity contribution in [3.05, 3.63) is 47.5 Å². The van der Waals surface area contributed by atoms with E-state index in [2.05, 4.69) is 13.5 Å². The summed E-state index contributed by atoms with van der Waals surface area (Å²) in [5.74, 6) is -1.72. The molecule has 2 aromatic carbocycles. The van der Waals surface area contributed by atoms with E-state index in [-0.39, 0.29) is 17.9 Å². The summed E-state index contributed by atoms with van der Waals surface area (Å²) in [4.78, 5) is 11.9. The molecular weight excluding hydrogens is 385 g/mol. The van der Waals surface area contributed by atoms with Gasteiger partial charge in [0.2, 0.25) is 0 Å². The second-order valence-corrected chi connectivity index (χ2v) is 6.11. The third-order valence-electron chi connectivity index (χ3n) is 3.91. The number of nitrogens with zero attached hydrogens (tertiary/aromatic N) is 2. The summed E-state index contributed by atoms with van der Waals surface area (Å²) in [5, 5.41) is 10.4. The number of carbonyl (C=O) groups excluding carboxylic acids is 1. The van der Waals surface area contributed by atoms with Gasteiger partial charge in [-0.1, -0.05) is 12.1 Å². The molecule has 0 aliphatic rings. The van der Waals surface area contributed by atoms with Crippen LogP contribution in [0, 0.1) is 0 Å². The van der Waals surface area contributed by atoms with Gasteiger partial charge in [0.05, 0.1) is 25.3 Å². The van der Waals surface area contributed by atoms with Gasteiger partial charge < -0.3 is 14.6 Å². The van der Waals surface area contributed by atoms with Crippen molar-refractivity contribution in [1.82, 2.24) is 8.75 Å². The topological polar surface area (TPSA) is 81.5 Å². The molecule has 1 atom stereocenters. The lowest BCUT2D eigenvalue weighted by molar-refractivity contribution is -0.274. The van der Waals surface area contributed by atoms with Crippen molar-refractivity contribution in [3.63, 3.8) is 0 Å².